The van der Waals surface area contributed by atoms with Crippen molar-refractivity contribution in [3.05, 3.63) is 58.4 Å². The van der Waals surface area contributed by atoms with Gasteiger partial charge in [-0.1, -0.05) is 23.9 Å². The van der Waals surface area contributed by atoms with Gasteiger partial charge in [0.2, 0.25) is 5.91 Å². The summed E-state index contributed by atoms with van der Waals surface area (Å²) in [5.74, 6) is 0.945. The molecule has 0 aliphatic carbocycles. The lowest BCUT2D eigenvalue weighted by molar-refractivity contribution is -0.113. The van der Waals surface area contributed by atoms with Crippen molar-refractivity contribution in [1.82, 2.24) is 14.8 Å². The highest BCUT2D eigenvalue weighted by Gasteiger charge is 2.11. The number of nitrogens with one attached hydrogen (secondary N) is 1. The van der Waals surface area contributed by atoms with E-state index in [9.17, 15) is 4.79 Å². The van der Waals surface area contributed by atoms with Crippen LogP contribution >= 0.6 is 34.4 Å². The number of nitrogens with zero attached hydrogens (tertiary/aromatic N) is 3. The van der Waals surface area contributed by atoms with Gasteiger partial charge >= 0.3 is 0 Å². The van der Waals surface area contributed by atoms with Crippen LogP contribution in [-0.2, 0) is 4.79 Å². The molecule has 1 amide bonds. The van der Waals surface area contributed by atoms with Gasteiger partial charge in [0.25, 0.3) is 0 Å². The molecule has 0 bridgehead atoms. The van der Waals surface area contributed by atoms with Crippen LogP contribution in [-0.4, -0.2) is 33.5 Å². The smallest absolute Gasteiger partial charge is 0.234 e. The molecule has 0 unspecified atom stereocenters. The van der Waals surface area contributed by atoms with E-state index >= 15 is 0 Å². The van der Waals surface area contributed by atoms with Gasteiger partial charge in [0, 0.05) is 9.26 Å². The average Bonchev–Trinajstić information content (AvgIpc) is 3.10. The second kappa shape index (κ2) is 8.34. The molecular weight excluding hydrogens is 451 g/mol. The third-order valence-corrected chi connectivity index (χ3v) is 5.23. The van der Waals surface area contributed by atoms with E-state index in [0.29, 0.717) is 5.16 Å². The number of hydrogen-bond donors (Lipinski definition) is 1. The van der Waals surface area contributed by atoms with E-state index in [1.54, 1.807) is 13.4 Å². The second-order valence-electron chi connectivity index (χ2n) is 5.00. The number of carbonyl (C=O) groups is 1. The number of halogens is 1. The number of anilines is 1. The standard InChI is InChI=1S/C17H15IN4O2S/c1-24-13-8-6-12(7-9-13)22-11-19-21-17(22)25-10-16(23)20-15-5-3-2-4-14(15)18/h2-9,11H,10H2,1H3,(H,20,23). The largest absolute Gasteiger partial charge is 0.497 e. The zero-order valence-electron chi connectivity index (χ0n) is 13.3. The highest BCUT2D eigenvalue weighted by atomic mass is 127. The van der Waals surface area contributed by atoms with Crippen LogP contribution in [0.1, 0.15) is 0 Å². The summed E-state index contributed by atoms with van der Waals surface area (Å²) in [6, 6.07) is 15.2. The molecule has 0 aliphatic rings. The first kappa shape index (κ1) is 17.7. The van der Waals surface area contributed by atoms with Crippen molar-refractivity contribution in [2.45, 2.75) is 5.16 Å². The fourth-order valence-electron chi connectivity index (χ4n) is 2.12. The van der Waals surface area contributed by atoms with Crippen LogP contribution in [0.5, 0.6) is 5.75 Å². The molecule has 6 nitrogen and oxygen atoms in total. The van der Waals surface area contributed by atoms with Gasteiger partial charge in [0.1, 0.15) is 12.1 Å². The molecule has 0 fully saturated rings. The van der Waals surface area contributed by atoms with Crippen LogP contribution in [0, 0.1) is 3.57 Å². The van der Waals surface area contributed by atoms with Gasteiger partial charge in [-0.15, -0.1) is 10.2 Å². The van der Waals surface area contributed by atoms with Crippen LogP contribution in [0.4, 0.5) is 5.69 Å². The quantitative estimate of drug-likeness (QED) is 0.444. The molecule has 0 spiro atoms. The van der Waals surface area contributed by atoms with Gasteiger partial charge < -0.3 is 10.1 Å². The van der Waals surface area contributed by atoms with Gasteiger partial charge in [-0.2, -0.15) is 0 Å². The van der Waals surface area contributed by atoms with E-state index < -0.39 is 0 Å². The molecule has 1 aromatic heterocycles. The van der Waals surface area contributed by atoms with Crippen molar-refractivity contribution < 1.29 is 9.53 Å². The van der Waals surface area contributed by atoms with Gasteiger partial charge in [0.15, 0.2) is 5.16 Å². The van der Waals surface area contributed by atoms with Crippen molar-refractivity contribution in [1.29, 1.82) is 0 Å². The number of amides is 1. The van der Waals surface area contributed by atoms with Crippen LogP contribution in [0.15, 0.2) is 60.0 Å². The zero-order chi connectivity index (χ0) is 17.6. The Morgan fingerprint density at radius 3 is 2.72 bits per heavy atom. The van der Waals surface area contributed by atoms with E-state index in [1.165, 1.54) is 11.8 Å². The van der Waals surface area contributed by atoms with Gasteiger partial charge in [0.05, 0.1) is 18.6 Å². The van der Waals surface area contributed by atoms with Gasteiger partial charge in [-0.25, -0.2) is 0 Å². The molecular formula is C17H15IN4O2S. The second-order valence-corrected chi connectivity index (χ2v) is 7.10. The van der Waals surface area contributed by atoms with Crippen molar-refractivity contribution in [3.63, 3.8) is 0 Å². The number of methoxy groups -OCH3 is 1. The van der Waals surface area contributed by atoms with Crippen molar-refractivity contribution in [3.8, 4) is 11.4 Å². The third kappa shape index (κ3) is 4.51. The summed E-state index contributed by atoms with van der Waals surface area (Å²) >= 11 is 3.53. The minimum absolute atomic E-state index is 0.0848. The fourth-order valence-corrected chi connectivity index (χ4v) is 3.37. The number of hydrogen-bond acceptors (Lipinski definition) is 5. The molecule has 0 saturated carbocycles. The van der Waals surface area contributed by atoms with Crippen molar-refractivity contribution in [2.75, 3.05) is 18.2 Å². The zero-order valence-corrected chi connectivity index (χ0v) is 16.3. The lowest BCUT2D eigenvalue weighted by Gasteiger charge is -2.08. The van der Waals surface area contributed by atoms with E-state index in [0.717, 1.165) is 20.7 Å². The SMILES string of the molecule is COc1ccc(-n2cnnc2SCC(=O)Nc2ccccc2I)cc1. The predicted octanol–water partition coefficient (Wildman–Crippen LogP) is 3.61. The first-order valence-electron chi connectivity index (χ1n) is 7.39. The van der Waals surface area contributed by atoms with E-state index in [2.05, 4.69) is 38.1 Å². The number of aromatic nitrogens is 3. The Morgan fingerprint density at radius 2 is 2.00 bits per heavy atom. The number of rotatable bonds is 6. The van der Waals surface area contributed by atoms with Crippen LogP contribution in [0.2, 0.25) is 0 Å². The van der Waals surface area contributed by atoms with Gasteiger partial charge in [-0.05, 0) is 59.0 Å². The maximum Gasteiger partial charge on any atom is 0.234 e. The van der Waals surface area contributed by atoms with Gasteiger partial charge in [-0.3, -0.25) is 9.36 Å². The van der Waals surface area contributed by atoms with E-state index in [1.807, 2.05) is 53.1 Å². The molecule has 25 heavy (non-hydrogen) atoms. The molecule has 2 aromatic carbocycles. The average molecular weight is 466 g/mol. The topological polar surface area (TPSA) is 69.0 Å². The summed E-state index contributed by atoms with van der Waals surface area (Å²) in [6.45, 7) is 0. The molecule has 3 aromatic rings. The molecule has 3 rings (SSSR count). The molecule has 0 aliphatic heterocycles. The number of carbonyl (C=O) groups excluding carboxylic acids is 1. The number of benzene rings is 2. The Morgan fingerprint density at radius 1 is 1.24 bits per heavy atom. The molecule has 128 valence electrons. The Kier molecular flexibility index (Phi) is 5.92. The van der Waals surface area contributed by atoms with Crippen LogP contribution < -0.4 is 10.1 Å². The minimum Gasteiger partial charge on any atom is -0.497 e. The summed E-state index contributed by atoms with van der Waals surface area (Å²) in [7, 11) is 1.63. The molecule has 8 heteroatoms. The Bertz CT molecular complexity index is 867. The maximum absolute atomic E-state index is 12.2. The lowest BCUT2D eigenvalue weighted by atomic mass is 10.3. The lowest BCUT2D eigenvalue weighted by Crippen LogP contribution is -2.15. The Balaban J connectivity index is 1.65. The molecule has 0 atom stereocenters. The molecule has 1 N–H and O–H groups in total. The molecule has 1 heterocycles. The van der Waals surface area contributed by atoms with Crippen LogP contribution in [0.25, 0.3) is 5.69 Å². The number of para-hydroxylation sites is 1. The fraction of sp³-hybridized carbons (Fsp3) is 0.118. The highest BCUT2D eigenvalue weighted by Crippen LogP contribution is 2.22. The summed E-state index contributed by atoms with van der Waals surface area (Å²) in [5, 5.41) is 11.6. The predicted molar refractivity (Wildman–Crippen MR) is 106 cm³/mol. The number of thioether (sulfide) groups is 1. The van der Waals surface area contributed by atoms with Crippen LogP contribution in [0.3, 0.4) is 0 Å². The Labute approximate surface area is 163 Å². The first-order valence-corrected chi connectivity index (χ1v) is 9.45. The first-order chi connectivity index (χ1) is 12.2. The van der Waals surface area contributed by atoms with Crippen molar-refractivity contribution >= 4 is 45.9 Å². The van der Waals surface area contributed by atoms with Crippen molar-refractivity contribution in [2.24, 2.45) is 0 Å². The van der Waals surface area contributed by atoms with E-state index in [4.69, 9.17) is 4.74 Å². The summed E-state index contributed by atoms with van der Waals surface area (Å²) < 4.78 is 8.00. The summed E-state index contributed by atoms with van der Waals surface area (Å²) in [6.07, 6.45) is 1.63. The highest BCUT2D eigenvalue weighted by molar-refractivity contribution is 14.1. The normalized spacial score (nSPS) is 10.5. The third-order valence-electron chi connectivity index (χ3n) is 3.35. The molecule has 0 radical (unpaired) electrons. The number of ether oxygens (including phenoxy) is 1. The summed E-state index contributed by atoms with van der Waals surface area (Å²) in [4.78, 5) is 12.2. The monoisotopic (exact) mass is 466 g/mol. The maximum atomic E-state index is 12.2. The Hall–Kier alpha value is -2.07. The minimum atomic E-state index is -0.0848. The molecule has 0 saturated heterocycles. The van der Waals surface area contributed by atoms with E-state index in [-0.39, 0.29) is 11.7 Å². The summed E-state index contributed by atoms with van der Waals surface area (Å²) in [5.41, 5.74) is 1.72.